The van der Waals surface area contributed by atoms with Gasteiger partial charge in [-0.05, 0) is 164 Å². The van der Waals surface area contributed by atoms with Gasteiger partial charge in [0.25, 0.3) is 5.70 Å². The molecule has 0 aromatic carbocycles. The summed E-state index contributed by atoms with van der Waals surface area (Å²) in [5.41, 5.74) is 0.373. The number of esters is 4. The second-order valence-electron chi connectivity index (χ2n) is 23.0. The minimum atomic E-state index is -2.16. The molecule has 0 spiro atoms. The maximum Gasteiger partial charge on any atom is 0.349 e. The number of nitrogens with zero attached hydrogens (tertiary/aromatic N) is 12. The molecule has 85 heavy (non-hydrogen) atoms. The number of allylic oxidation sites excluding steroid dienone is 11. The molecule has 0 amide bonds. The van der Waals surface area contributed by atoms with Crippen molar-refractivity contribution in [1.29, 1.82) is 31.6 Å². The summed E-state index contributed by atoms with van der Waals surface area (Å²) in [7, 11) is 0. The molecule has 4 aliphatic heterocycles. The van der Waals surface area contributed by atoms with Gasteiger partial charge in [0.2, 0.25) is 5.70 Å². The molecule has 4 fully saturated rings. The van der Waals surface area contributed by atoms with E-state index in [1.165, 1.54) is 0 Å². The topological polar surface area (TPSA) is 270 Å². The molecule has 8 rings (SSSR count). The maximum absolute atomic E-state index is 14.7. The largest absolute Gasteiger partial charge is 0.470 e. The molecule has 0 bridgehead atoms. The third-order valence-corrected chi connectivity index (χ3v) is 17.6. The van der Waals surface area contributed by atoms with Crippen LogP contribution in [0.1, 0.15) is 154 Å². The van der Waals surface area contributed by atoms with Crippen molar-refractivity contribution in [1.82, 2.24) is 19.6 Å². The van der Waals surface area contributed by atoms with Crippen molar-refractivity contribution in [3.8, 4) is 36.4 Å². The molecule has 440 valence electrons. The molecule has 0 atom stereocenters. The Labute approximate surface area is 498 Å². The molecule has 0 aromatic heterocycles. The average molecular weight is 1150 g/mol. The molecule has 20 nitrogen and oxygen atoms in total. The van der Waals surface area contributed by atoms with Crippen molar-refractivity contribution in [3.63, 3.8) is 0 Å². The molecular weight excluding hydrogens is 1080 g/mol. The van der Waals surface area contributed by atoms with Gasteiger partial charge in [-0.1, -0.05) is 12.8 Å². The SMILES string of the molecule is [C-]#[N+]C1=C(N2CCCC2)CCCC/C1=C(/C#N)C(=O)OCC(COC(=O)/C(C#N)=C1\CCCCC(N2CCCC2)=C1C#N)(COC(=O)/C(C#N)=C1\CCCCC(N2CCCC2)=C1C#N)COC(=O)/C([N+]#[C-])=C1/CCCCC(N2CCCC2)=C1C#N. The Bertz CT molecular complexity index is 2850. The van der Waals surface area contributed by atoms with Crippen LogP contribution in [0.25, 0.3) is 9.69 Å². The van der Waals surface area contributed by atoms with E-state index in [1.807, 2.05) is 18.2 Å². The normalized spacial score (nSPS) is 22.1. The second-order valence-corrected chi connectivity index (χ2v) is 23.0. The van der Waals surface area contributed by atoms with E-state index >= 15 is 0 Å². The van der Waals surface area contributed by atoms with E-state index in [0.29, 0.717) is 129 Å². The molecule has 0 aromatic rings. The predicted molar refractivity (Wildman–Crippen MR) is 306 cm³/mol. The summed E-state index contributed by atoms with van der Waals surface area (Å²) in [6.45, 7) is 18.6. The van der Waals surface area contributed by atoms with Crippen LogP contribution in [0.2, 0.25) is 0 Å². The van der Waals surface area contributed by atoms with E-state index in [-0.39, 0.29) is 70.4 Å². The zero-order chi connectivity index (χ0) is 60.3. The van der Waals surface area contributed by atoms with Crippen LogP contribution in [-0.4, -0.2) is 122 Å². The van der Waals surface area contributed by atoms with Crippen molar-refractivity contribution < 1.29 is 38.1 Å². The highest BCUT2D eigenvalue weighted by molar-refractivity contribution is 5.97. The van der Waals surface area contributed by atoms with Gasteiger partial charge in [-0.15, -0.1) is 0 Å². The zero-order valence-electron chi connectivity index (χ0n) is 48.6. The van der Waals surface area contributed by atoms with Crippen molar-refractivity contribution >= 4 is 23.9 Å². The fourth-order valence-corrected chi connectivity index (χ4v) is 13.1. The van der Waals surface area contributed by atoms with Crippen LogP contribution in [0, 0.1) is 86.5 Å². The lowest BCUT2D eigenvalue weighted by Gasteiger charge is -2.32. The Morgan fingerprint density at radius 3 is 1.00 bits per heavy atom. The van der Waals surface area contributed by atoms with E-state index < -0.39 is 78.1 Å². The summed E-state index contributed by atoms with van der Waals surface area (Å²) < 4.78 is 24.2. The minimum absolute atomic E-state index is 0.177. The second kappa shape index (κ2) is 29.9. The highest BCUT2D eigenvalue weighted by atomic mass is 16.6. The Kier molecular flexibility index (Phi) is 21.8. The summed E-state index contributed by atoms with van der Waals surface area (Å²) in [4.78, 5) is 74.8. The molecule has 4 heterocycles. The van der Waals surface area contributed by atoms with Crippen LogP contribution in [0.5, 0.6) is 0 Å². The number of ether oxygens (including phenoxy) is 4. The summed E-state index contributed by atoms with van der Waals surface area (Å²) in [5, 5.41) is 64.4. The van der Waals surface area contributed by atoms with Crippen LogP contribution in [0.15, 0.2) is 89.9 Å². The number of carbonyl (C=O) groups excluding carboxylic acids is 4. The molecule has 0 unspecified atom stereocenters. The minimum Gasteiger partial charge on any atom is -0.470 e. The molecule has 4 saturated heterocycles. The van der Waals surface area contributed by atoms with Crippen LogP contribution < -0.4 is 0 Å². The summed E-state index contributed by atoms with van der Waals surface area (Å²) in [6.07, 6.45) is 15.3. The van der Waals surface area contributed by atoms with Gasteiger partial charge in [-0.25, -0.2) is 24.1 Å². The Hall–Kier alpha value is -9.08. The number of likely N-dealkylation sites (tertiary alicyclic amines) is 4. The predicted octanol–water partition coefficient (Wildman–Crippen LogP) is 9.92. The van der Waals surface area contributed by atoms with E-state index in [9.17, 15) is 50.7 Å². The van der Waals surface area contributed by atoms with Gasteiger partial charge in [-0.3, -0.25) is 4.79 Å². The van der Waals surface area contributed by atoms with Crippen molar-refractivity contribution in [3.05, 3.63) is 113 Å². The molecular formula is C65H72N12O8. The molecule has 8 aliphatic rings. The first-order valence-corrected chi connectivity index (χ1v) is 30.2. The van der Waals surface area contributed by atoms with Crippen LogP contribution in [-0.2, 0) is 38.1 Å². The van der Waals surface area contributed by atoms with Gasteiger partial charge in [0.1, 0.15) is 78.9 Å². The fraction of sp³-hybridized carbons (Fsp3) is 0.569. The van der Waals surface area contributed by atoms with Crippen LogP contribution in [0.4, 0.5) is 0 Å². The summed E-state index contributed by atoms with van der Waals surface area (Å²) in [6, 6.07) is 12.7. The Morgan fingerprint density at radius 2 is 0.671 bits per heavy atom. The first-order valence-electron chi connectivity index (χ1n) is 30.2. The maximum atomic E-state index is 14.7. The van der Waals surface area contributed by atoms with Gasteiger partial charge in [0.05, 0.1) is 35.9 Å². The molecule has 0 N–H and O–H groups in total. The number of nitriles is 6. The summed E-state index contributed by atoms with van der Waals surface area (Å²) >= 11 is 0. The van der Waals surface area contributed by atoms with E-state index in [2.05, 4.69) is 47.5 Å². The monoisotopic (exact) mass is 1150 g/mol. The first kappa shape index (κ1) is 62.0. The van der Waals surface area contributed by atoms with Crippen molar-refractivity contribution in [2.24, 2.45) is 5.41 Å². The fourth-order valence-electron chi connectivity index (χ4n) is 13.1. The highest BCUT2D eigenvalue weighted by Gasteiger charge is 2.42. The van der Waals surface area contributed by atoms with E-state index in [0.717, 1.165) is 74.2 Å². The molecule has 0 radical (unpaired) electrons. The lowest BCUT2D eigenvalue weighted by Crippen LogP contribution is -2.44. The molecule has 4 aliphatic carbocycles. The van der Waals surface area contributed by atoms with Gasteiger partial charge in [-0.2, -0.15) is 31.6 Å². The van der Waals surface area contributed by atoms with Crippen molar-refractivity contribution in [2.45, 2.75) is 154 Å². The summed E-state index contributed by atoms with van der Waals surface area (Å²) in [5.74, 6) is -4.78. The third-order valence-electron chi connectivity index (χ3n) is 17.6. The van der Waals surface area contributed by atoms with Gasteiger partial charge in [0.15, 0.2) is 0 Å². The average Bonchev–Trinajstić information content (AvgIpc) is 4.44. The third kappa shape index (κ3) is 14.3. The van der Waals surface area contributed by atoms with Gasteiger partial charge in [0, 0.05) is 75.1 Å². The first-order chi connectivity index (χ1) is 41.5. The lowest BCUT2D eigenvalue weighted by atomic mass is 9.91. The highest BCUT2D eigenvalue weighted by Crippen LogP contribution is 2.40. The van der Waals surface area contributed by atoms with Gasteiger partial charge >= 0.3 is 23.9 Å². The number of rotatable bonds is 16. The number of hydrogen-bond acceptors (Lipinski definition) is 18. The smallest absolute Gasteiger partial charge is 0.349 e. The quantitative estimate of drug-likeness (QED) is 0.0457. The van der Waals surface area contributed by atoms with Crippen molar-refractivity contribution in [2.75, 3.05) is 78.8 Å². The van der Waals surface area contributed by atoms with E-state index in [4.69, 9.17) is 32.1 Å². The standard InChI is InChI=1S/C65H72N12O8/c1-72-59-48(22-6-10-26-58(59)77-33-17-18-34-77)54(40-71)63(80)84-43-65(41-82-61(78)52(38-69)45-19-3-7-23-55(49(45)35-66)74-27-11-12-28-74,42-83-62(79)53(39-70)46-20-4-8-24-56(50(46)36-67)75-29-13-14-30-75)44-85-64(81)60(73-2)47-21-5-9-25-57(51(47)37-68)76-31-15-16-32-76/h3-34,41-44H2/b52-45+,53-46+,54-48+,60-47+. The van der Waals surface area contributed by atoms with E-state index in [1.54, 1.807) is 0 Å². The zero-order valence-corrected chi connectivity index (χ0v) is 48.6. The van der Waals surface area contributed by atoms with Crippen LogP contribution in [0.3, 0.4) is 0 Å². The van der Waals surface area contributed by atoms with Gasteiger partial charge < -0.3 is 38.5 Å². The molecule has 20 heteroatoms. The Balaban J connectivity index is 1.24. The lowest BCUT2D eigenvalue weighted by molar-refractivity contribution is -0.165. The number of hydrogen-bond donors (Lipinski definition) is 0. The Morgan fingerprint density at radius 1 is 0.388 bits per heavy atom. The van der Waals surface area contributed by atoms with Crippen LogP contribution >= 0.6 is 0 Å². The molecule has 0 saturated carbocycles. The number of carbonyl (C=O) groups is 4.